The number of hydrogen-bond donors (Lipinski definition) is 1. The fourth-order valence-corrected chi connectivity index (χ4v) is 1.21. The van der Waals surface area contributed by atoms with Crippen molar-refractivity contribution in [2.75, 3.05) is 0 Å². The predicted molar refractivity (Wildman–Crippen MR) is 56.1 cm³/mol. The van der Waals surface area contributed by atoms with Crippen LogP contribution in [0.1, 0.15) is 0 Å². The van der Waals surface area contributed by atoms with Crippen LogP contribution in [0.25, 0.3) is 11.4 Å². The average molecular weight is 216 g/mol. The third-order valence-electron chi connectivity index (χ3n) is 1.87. The Morgan fingerprint density at radius 3 is 2.31 bits per heavy atom. The van der Waals surface area contributed by atoms with Gasteiger partial charge in [0.25, 0.3) is 0 Å². The molecule has 80 valence electrons. The molecule has 1 aromatic heterocycles. The van der Waals surface area contributed by atoms with Crippen molar-refractivity contribution in [3.05, 3.63) is 42.7 Å². The highest BCUT2D eigenvalue weighted by molar-refractivity contribution is 5.61. The second kappa shape index (κ2) is 4.39. The lowest BCUT2D eigenvalue weighted by Crippen LogP contribution is -2.03. The van der Waals surface area contributed by atoms with Gasteiger partial charge in [-0.25, -0.2) is 14.8 Å². The van der Waals surface area contributed by atoms with Gasteiger partial charge in [-0.3, -0.25) is 0 Å². The van der Waals surface area contributed by atoms with Crippen molar-refractivity contribution in [2.45, 2.75) is 0 Å². The predicted octanol–water partition coefficient (Wildman–Crippen LogP) is 2.20. The molecule has 0 radical (unpaired) electrons. The molecule has 0 unspecified atom stereocenters. The van der Waals surface area contributed by atoms with E-state index in [1.54, 1.807) is 0 Å². The van der Waals surface area contributed by atoms with Crippen LogP contribution in [0.4, 0.5) is 4.79 Å². The second-order valence-corrected chi connectivity index (χ2v) is 2.98. The van der Waals surface area contributed by atoms with Crippen LogP contribution in [-0.4, -0.2) is 21.2 Å². The quantitative estimate of drug-likeness (QED) is 0.779. The van der Waals surface area contributed by atoms with Crippen LogP contribution in [0.15, 0.2) is 42.7 Å². The lowest BCUT2D eigenvalue weighted by molar-refractivity contribution is 0.144. The molecule has 2 aromatic rings. The van der Waals surface area contributed by atoms with Crippen LogP contribution in [0.5, 0.6) is 5.75 Å². The summed E-state index contributed by atoms with van der Waals surface area (Å²) in [4.78, 5) is 18.3. The minimum Gasteiger partial charge on any atom is -0.449 e. The lowest BCUT2D eigenvalue weighted by atomic mass is 10.2. The topological polar surface area (TPSA) is 72.3 Å². The minimum absolute atomic E-state index is 0.104. The van der Waals surface area contributed by atoms with E-state index in [0.29, 0.717) is 5.82 Å². The Balaban J connectivity index is 2.23. The van der Waals surface area contributed by atoms with Crippen molar-refractivity contribution in [2.24, 2.45) is 0 Å². The smallest absolute Gasteiger partial charge is 0.449 e. The molecule has 5 heteroatoms. The standard InChI is InChI=1S/C11H8N2O3/c14-11(15)16-9-6-12-10(13-7-9)8-4-2-1-3-5-8/h1-7H,(H,14,15). The van der Waals surface area contributed by atoms with E-state index < -0.39 is 6.16 Å². The summed E-state index contributed by atoms with van der Waals surface area (Å²) in [5.41, 5.74) is 0.865. The second-order valence-electron chi connectivity index (χ2n) is 2.98. The molecular formula is C11H8N2O3. The Hall–Kier alpha value is -2.43. The molecule has 0 aliphatic heterocycles. The van der Waals surface area contributed by atoms with Gasteiger partial charge in [-0.15, -0.1) is 0 Å². The van der Waals surface area contributed by atoms with Gasteiger partial charge in [0.05, 0.1) is 12.4 Å². The molecule has 0 saturated carbocycles. The molecule has 16 heavy (non-hydrogen) atoms. The molecule has 0 bridgehead atoms. The Morgan fingerprint density at radius 1 is 1.12 bits per heavy atom. The van der Waals surface area contributed by atoms with Gasteiger partial charge < -0.3 is 9.84 Å². The summed E-state index contributed by atoms with van der Waals surface area (Å²) >= 11 is 0. The largest absolute Gasteiger partial charge is 0.511 e. The van der Waals surface area contributed by atoms with Gasteiger partial charge in [0.1, 0.15) is 0 Å². The van der Waals surface area contributed by atoms with Crippen molar-refractivity contribution in [3.8, 4) is 17.1 Å². The molecule has 1 aromatic carbocycles. The van der Waals surface area contributed by atoms with E-state index in [1.165, 1.54) is 12.4 Å². The van der Waals surface area contributed by atoms with Crippen molar-refractivity contribution < 1.29 is 14.6 Å². The SMILES string of the molecule is O=C(O)Oc1cnc(-c2ccccc2)nc1. The molecule has 5 nitrogen and oxygen atoms in total. The van der Waals surface area contributed by atoms with E-state index in [1.807, 2.05) is 30.3 Å². The van der Waals surface area contributed by atoms with E-state index >= 15 is 0 Å². The molecule has 0 atom stereocenters. The van der Waals surface area contributed by atoms with Crippen molar-refractivity contribution in [1.29, 1.82) is 0 Å². The minimum atomic E-state index is -1.38. The first-order valence-corrected chi connectivity index (χ1v) is 4.54. The molecule has 1 heterocycles. The summed E-state index contributed by atoms with van der Waals surface area (Å²) in [7, 11) is 0. The van der Waals surface area contributed by atoms with Gasteiger partial charge in [-0.05, 0) is 0 Å². The molecule has 0 fully saturated rings. The van der Waals surface area contributed by atoms with Gasteiger partial charge in [-0.2, -0.15) is 0 Å². The first kappa shape index (κ1) is 10.1. The highest BCUT2D eigenvalue weighted by Crippen LogP contribution is 2.15. The number of benzene rings is 1. The van der Waals surface area contributed by atoms with Crippen LogP contribution >= 0.6 is 0 Å². The Bertz CT molecular complexity index is 482. The van der Waals surface area contributed by atoms with Gasteiger partial charge in [-0.1, -0.05) is 30.3 Å². The molecule has 0 saturated heterocycles. The van der Waals surface area contributed by atoms with Gasteiger partial charge in [0.2, 0.25) is 0 Å². The third-order valence-corrected chi connectivity index (χ3v) is 1.87. The molecule has 0 aliphatic carbocycles. The zero-order valence-electron chi connectivity index (χ0n) is 8.20. The van der Waals surface area contributed by atoms with Gasteiger partial charge >= 0.3 is 6.16 Å². The molecule has 0 spiro atoms. The maximum absolute atomic E-state index is 10.2. The summed E-state index contributed by atoms with van der Waals surface area (Å²) in [5, 5.41) is 8.38. The van der Waals surface area contributed by atoms with E-state index in [0.717, 1.165) is 5.56 Å². The van der Waals surface area contributed by atoms with E-state index in [-0.39, 0.29) is 5.75 Å². The van der Waals surface area contributed by atoms with Crippen molar-refractivity contribution in [3.63, 3.8) is 0 Å². The van der Waals surface area contributed by atoms with Crippen LogP contribution in [0.2, 0.25) is 0 Å². The Kier molecular flexibility index (Phi) is 2.77. The fourth-order valence-electron chi connectivity index (χ4n) is 1.21. The molecular weight excluding hydrogens is 208 g/mol. The normalized spacial score (nSPS) is 9.75. The van der Waals surface area contributed by atoms with Crippen LogP contribution in [-0.2, 0) is 0 Å². The third kappa shape index (κ3) is 2.33. The Morgan fingerprint density at radius 2 is 1.75 bits per heavy atom. The summed E-state index contributed by atoms with van der Waals surface area (Å²) in [6.45, 7) is 0. The number of rotatable bonds is 2. The molecule has 0 amide bonds. The van der Waals surface area contributed by atoms with Crippen LogP contribution in [0.3, 0.4) is 0 Å². The number of hydrogen-bond acceptors (Lipinski definition) is 4. The summed E-state index contributed by atoms with van der Waals surface area (Å²) in [5.74, 6) is 0.630. The summed E-state index contributed by atoms with van der Waals surface area (Å²) in [6, 6.07) is 9.38. The number of nitrogens with zero attached hydrogens (tertiary/aromatic N) is 2. The number of carboxylic acid groups (broad SMARTS) is 1. The van der Waals surface area contributed by atoms with Crippen molar-refractivity contribution >= 4 is 6.16 Å². The zero-order valence-corrected chi connectivity index (χ0v) is 8.20. The van der Waals surface area contributed by atoms with Crippen LogP contribution < -0.4 is 4.74 Å². The molecule has 0 aliphatic rings. The first-order chi connectivity index (χ1) is 7.75. The van der Waals surface area contributed by atoms with Gasteiger partial charge in [0.15, 0.2) is 11.6 Å². The number of ether oxygens (including phenoxy) is 1. The van der Waals surface area contributed by atoms with Gasteiger partial charge in [0, 0.05) is 5.56 Å². The first-order valence-electron chi connectivity index (χ1n) is 4.54. The highest BCUT2D eigenvalue weighted by atomic mass is 16.7. The van der Waals surface area contributed by atoms with Crippen molar-refractivity contribution in [1.82, 2.24) is 9.97 Å². The molecule has 2 rings (SSSR count). The monoisotopic (exact) mass is 216 g/mol. The number of aromatic nitrogens is 2. The maximum Gasteiger partial charge on any atom is 0.511 e. The highest BCUT2D eigenvalue weighted by Gasteiger charge is 2.03. The average Bonchev–Trinajstić information content (AvgIpc) is 2.30. The Labute approximate surface area is 91.4 Å². The maximum atomic E-state index is 10.2. The fraction of sp³-hybridized carbons (Fsp3) is 0. The van der Waals surface area contributed by atoms with Crippen LogP contribution in [0, 0.1) is 0 Å². The lowest BCUT2D eigenvalue weighted by Gasteiger charge is -2.01. The zero-order chi connectivity index (χ0) is 11.4. The number of carbonyl (C=O) groups is 1. The van der Waals surface area contributed by atoms with E-state index in [9.17, 15) is 4.79 Å². The summed E-state index contributed by atoms with van der Waals surface area (Å²) in [6.07, 6.45) is 1.27. The van der Waals surface area contributed by atoms with E-state index in [4.69, 9.17) is 5.11 Å². The van der Waals surface area contributed by atoms with E-state index in [2.05, 4.69) is 14.7 Å². The summed E-state index contributed by atoms with van der Waals surface area (Å²) < 4.78 is 4.40. The molecule has 1 N–H and O–H groups in total.